The lowest BCUT2D eigenvalue weighted by Crippen LogP contribution is -2.45. The Bertz CT molecular complexity index is 519. The third-order valence-corrected chi connectivity index (χ3v) is 3.02. The number of alkyl carbamates (subject to hydrolysis) is 1. The molecule has 0 saturated carbocycles. The summed E-state index contributed by atoms with van der Waals surface area (Å²) in [4.78, 5) is 23.8. The molecule has 0 aliphatic carbocycles. The molecule has 0 spiro atoms. The van der Waals surface area contributed by atoms with Crippen LogP contribution in [0.3, 0.4) is 0 Å². The van der Waals surface area contributed by atoms with Gasteiger partial charge in [0.05, 0.1) is 18.2 Å². The van der Waals surface area contributed by atoms with Crippen molar-refractivity contribution in [2.45, 2.75) is 59.7 Å². The summed E-state index contributed by atoms with van der Waals surface area (Å²) in [5, 5.41) is 9.16. The van der Waals surface area contributed by atoms with Crippen LogP contribution >= 0.6 is 0 Å². The van der Waals surface area contributed by atoms with Crippen LogP contribution in [0.25, 0.3) is 0 Å². The monoisotopic (exact) mass is 311 g/mol. The normalized spacial score (nSPS) is 14.1. The predicted octanol–water partition coefficient (Wildman–Crippen LogP) is 2.15. The second kappa shape index (κ2) is 7.29. The molecule has 0 aliphatic rings. The van der Waals surface area contributed by atoms with Crippen LogP contribution in [0, 0.1) is 12.8 Å². The summed E-state index contributed by atoms with van der Waals surface area (Å²) in [6.07, 6.45) is -0.537. The molecule has 0 aromatic carbocycles. The number of amides is 2. The van der Waals surface area contributed by atoms with Gasteiger partial charge in [-0.2, -0.15) is 0 Å². The number of carbonyl (C=O) groups excluding carboxylic acids is 2. The molecule has 124 valence electrons. The fraction of sp³-hybridized carbons (Fsp3) is 0.667. The maximum Gasteiger partial charge on any atom is 0.407 e. The fourth-order valence-electron chi connectivity index (χ4n) is 1.68. The zero-order chi connectivity index (χ0) is 16.9. The number of rotatable bonds is 5. The van der Waals surface area contributed by atoms with E-state index < -0.39 is 17.6 Å². The number of hydrogen-bond donors (Lipinski definition) is 2. The maximum atomic E-state index is 12.1. The molecule has 1 rings (SSSR count). The van der Waals surface area contributed by atoms with Crippen LogP contribution in [0.1, 0.15) is 46.1 Å². The number of ether oxygens (including phenoxy) is 1. The van der Waals surface area contributed by atoms with Crippen molar-refractivity contribution in [2.75, 3.05) is 0 Å². The van der Waals surface area contributed by atoms with Crippen LogP contribution in [0.2, 0.25) is 0 Å². The van der Waals surface area contributed by atoms with Crippen LogP contribution in [0.15, 0.2) is 10.6 Å². The maximum absolute atomic E-state index is 12.1. The van der Waals surface area contributed by atoms with E-state index in [-0.39, 0.29) is 18.5 Å². The zero-order valence-corrected chi connectivity index (χ0v) is 14.0. The Kier molecular flexibility index (Phi) is 5.96. The Morgan fingerprint density at radius 2 is 2.00 bits per heavy atom. The highest BCUT2D eigenvalue weighted by Gasteiger charge is 2.24. The first kappa shape index (κ1) is 18.0. The molecule has 2 atom stereocenters. The Morgan fingerprint density at radius 1 is 1.36 bits per heavy atom. The van der Waals surface area contributed by atoms with Gasteiger partial charge in [0.1, 0.15) is 5.60 Å². The number of aryl methyl sites for hydroxylation is 1. The first-order chi connectivity index (χ1) is 10.1. The third kappa shape index (κ3) is 6.15. The molecule has 0 unspecified atom stereocenters. The summed E-state index contributed by atoms with van der Waals surface area (Å²) in [5.74, 6) is -0.0000435. The molecule has 7 nitrogen and oxygen atoms in total. The van der Waals surface area contributed by atoms with Gasteiger partial charge in [-0.3, -0.25) is 4.79 Å². The van der Waals surface area contributed by atoms with Gasteiger partial charge in [-0.1, -0.05) is 12.1 Å². The van der Waals surface area contributed by atoms with E-state index in [0.29, 0.717) is 5.76 Å². The van der Waals surface area contributed by atoms with Crippen LogP contribution in [-0.4, -0.2) is 28.8 Å². The van der Waals surface area contributed by atoms with Crippen molar-refractivity contribution < 1.29 is 18.8 Å². The SMILES string of the molecule is Cc1cc(CNC(=O)[C@@H](C)[C@H](C)NC(=O)OC(C)(C)C)on1. The lowest BCUT2D eigenvalue weighted by atomic mass is 10.0. The van der Waals surface area contributed by atoms with E-state index in [1.165, 1.54) is 0 Å². The molecule has 22 heavy (non-hydrogen) atoms. The molecule has 7 heteroatoms. The highest BCUT2D eigenvalue weighted by Crippen LogP contribution is 2.09. The summed E-state index contributed by atoms with van der Waals surface area (Å²) in [6.45, 7) is 10.9. The first-order valence-corrected chi connectivity index (χ1v) is 7.28. The Hall–Kier alpha value is -2.05. The van der Waals surface area contributed by atoms with Gasteiger partial charge >= 0.3 is 6.09 Å². The summed E-state index contributed by atoms with van der Waals surface area (Å²) in [6, 6.07) is 1.40. The number of nitrogens with zero attached hydrogens (tertiary/aromatic N) is 1. The Labute approximate surface area is 130 Å². The highest BCUT2D eigenvalue weighted by atomic mass is 16.6. The average Bonchev–Trinajstić information content (AvgIpc) is 2.78. The number of nitrogens with one attached hydrogen (secondary N) is 2. The smallest absolute Gasteiger partial charge is 0.407 e. The van der Waals surface area contributed by atoms with Crippen molar-refractivity contribution in [3.63, 3.8) is 0 Å². The first-order valence-electron chi connectivity index (χ1n) is 7.28. The zero-order valence-electron chi connectivity index (χ0n) is 14.0. The third-order valence-electron chi connectivity index (χ3n) is 3.02. The van der Waals surface area contributed by atoms with Crippen LogP contribution in [-0.2, 0) is 16.1 Å². The van der Waals surface area contributed by atoms with E-state index in [0.717, 1.165) is 5.69 Å². The predicted molar refractivity (Wildman–Crippen MR) is 81.1 cm³/mol. The molecular weight excluding hydrogens is 286 g/mol. The van der Waals surface area contributed by atoms with Gasteiger partial charge in [-0.25, -0.2) is 4.79 Å². The summed E-state index contributed by atoms with van der Waals surface area (Å²) < 4.78 is 10.2. The van der Waals surface area contributed by atoms with Gasteiger partial charge < -0.3 is 19.9 Å². The molecular formula is C15H25N3O4. The molecule has 1 aromatic rings. The van der Waals surface area contributed by atoms with Crippen molar-refractivity contribution in [3.05, 3.63) is 17.5 Å². The van der Waals surface area contributed by atoms with Crippen LogP contribution in [0.4, 0.5) is 4.79 Å². The van der Waals surface area contributed by atoms with Crippen molar-refractivity contribution >= 4 is 12.0 Å². The molecule has 0 bridgehead atoms. The lowest BCUT2D eigenvalue weighted by molar-refractivity contribution is -0.125. The summed E-state index contributed by atoms with van der Waals surface area (Å²) in [7, 11) is 0. The van der Waals surface area contributed by atoms with Crippen molar-refractivity contribution in [1.29, 1.82) is 0 Å². The van der Waals surface area contributed by atoms with Crippen LogP contribution < -0.4 is 10.6 Å². The summed E-state index contributed by atoms with van der Waals surface area (Å²) in [5.41, 5.74) is 0.191. The molecule has 0 saturated heterocycles. The molecule has 2 amide bonds. The molecule has 0 radical (unpaired) electrons. The van der Waals surface area contributed by atoms with Gasteiger partial charge in [0, 0.05) is 12.1 Å². The highest BCUT2D eigenvalue weighted by molar-refractivity contribution is 5.79. The molecule has 2 N–H and O–H groups in total. The van der Waals surface area contributed by atoms with Crippen LogP contribution in [0.5, 0.6) is 0 Å². The fourth-order valence-corrected chi connectivity index (χ4v) is 1.68. The number of carbonyl (C=O) groups is 2. The average molecular weight is 311 g/mol. The minimum absolute atomic E-state index is 0.183. The van der Waals surface area contributed by atoms with E-state index in [4.69, 9.17) is 9.26 Å². The minimum Gasteiger partial charge on any atom is -0.444 e. The molecule has 1 heterocycles. The topological polar surface area (TPSA) is 93.5 Å². The Morgan fingerprint density at radius 3 is 2.50 bits per heavy atom. The van der Waals surface area contributed by atoms with E-state index in [2.05, 4.69) is 15.8 Å². The van der Waals surface area contributed by atoms with E-state index in [9.17, 15) is 9.59 Å². The second-order valence-electron chi connectivity index (χ2n) is 6.38. The van der Waals surface area contributed by atoms with Crippen molar-refractivity contribution in [1.82, 2.24) is 15.8 Å². The largest absolute Gasteiger partial charge is 0.444 e. The van der Waals surface area contributed by atoms with Gasteiger partial charge in [0.15, 0.2) is 5.76 Å². The second-order valence-corrected chi connectivity index (χ2v) is 6.38. The molecule has 0 aliphatic heterocycles. The van der Waals surface area contributed by atoms with E-state index in [1.807, 2.05) is 6.92 Å². The number of aromatic nitrogens is 1. The quantitative estimate of drug-likeness (QED) is 0.869. The van der Waals surface area contributed by atoms with E-state index in [1.54, 1.807) is 40.7 Å². The standard InChI is InChI=1S/C15H25N3O4/c1-9-7-12(22-18-9)8-16-13(19)10(2)11(3)17-14(20)21-15(4,5)6/h7,10-11H,8H2,1-6H3,(H,16,19)(H,17,20)/t10-,11-/m0/s1. The van der Waals surface area contributed by atoms with Gasteiger partial charge in [0.2, 0.25) is 5.91 Å². The van der Waals surface area contributed by atoms with Gasteiger partial charge in [-0.15, -0.1) is 0 Å². The van der Waals surface area contributed by atoms with Gasteiger partial charge in [0.25, 0.3) is 0 Å². The summed E-state index contributed by atoms with van der Waals surface area (Å²) >= 11 is 0. The molecule has 0 fully saturated rings. The van der Waals surface area contributed by atoms with Crippen molar-refractivity contribution in [3.8, 4) is 0 Å². The Balaban J connectivity index is 2.43. The minimum atomic E-state index is -0.570. The molecule has 1 aromatic heterocycles. The van der Waals surface area contributed by atoms with Gasteiger partial charge in [-0.05, 0) is 34.6 Å². The number of hydrogen-bond acceptors (Lipinski definition) is 5. The van der Waals surface area contributed by atoms with E-state index >= 15 is 0 Å². The lowest BCUT2D eigenvalue weighted by Gasteiger charge is -2.24. The van der Waals surface area contributed by atoms with Crippen molar-refractivity contribution in [2.24, 2.45) is 5.92 Å².